The molecule has 0 fully saturated rings. The first-order valence-corrected chi connectivity index (χ1v) is 4.64. The van der Waals surface area contributed by atoms with E-state index in [1.54, 1.807) is 12.1 Å². The summed E-state index contributed by atoms with van der Waals surface area (Å²) in [6.45, 7) is 1.89. The number of nitrogen functional groups attached to an aromatic ring is 1. The van der Waals surface area contributed by atoms with Gasteiger partial charge in [0.25, 0.3) is 0 Å². The number of hydrogen-bond acceptors (Lipinski definition) is 4. The van der Waals surface area contributed by atoms with Crippen LogP contribution in [-0.2, 0) is 0 Å². The Balaban J connectivity index is 2.42. The molecule has 1 aromatic heterocycles. The summed E-state index contributed by atoms with van der Waals surface area (Å²) in [6.07, 6.45) is 0. The number of aromatic carboxylic acids is 1. The van der Waals surface area contributed by atoms with Crippen molar-refractivity contribution in [1.82, 2.24) is 5.16 Å². The zero-order valence-electron chi connectivity index (χ0n) is 8.60. The van der Waals surface area contributed by atoms with Crippen molar-refractivity contribution in [2.24, 2.45) is 0 Å². The second-order valence-corrected chi connectivity index (χ2v) is 3.45. The molecule has 2 rings (SSSR count). The van der Waals surface area contributed by atoms with E-state index in [1.165, 1.54) is 6.07 Å². The predicted molar refractivity (Wildman–Crippen MR) is 58.0 cm³/mol. The second kappa shape index (κ2) is 3.69. The highest BCUT2D eigenvalue weighted by Crippen LogP contribution is 2.24. The Morgan fingerprint density at radius 2 is 2.19 bits per heavy atom. The lowest BCUT2D eigenvalue weighted by Gasteiger charge is -2.01. The van der Waals surface area contributed by atoms with Gasteiger partial charge in [-0.1, -0.05) is 17.3 Å². The highest BCUT2D eigenvalue weighted by Gasteiger charge is 2.12. The fourth-order valence-electron chi connectivity index (χ4n) is 1.31. The molecule has 0 saturated carbocycles. The Kier molecular flexibility index (Phi) is 2.36. The average molecular weight is 218 g/mol. The zero-order valence-corrected chi connectivity index (χ0v) is 8.60. The lowest BCUT2D eigenvalue weighted by atomic mass is 10.1. The summed E-state index contributed by atoms with van der Waals surface area (Å²) in [6, 6.07) is 6.74. The van der Waals surface area contributed by atoms with Crippen LogP contribution in [0.3, 0.4) is 0 Å². The maximum atomic E-state index is 10.6. The zero-order chi connectivity index (χ0) is 11.7. The molecular formula is C11H10N2O3. The van der Waals surface area contributed by atoms with Crippen LogP contribution in [0.15, 0.2) is 28.8 Å². The molecule has 0 aliphatic carbocycles. The number of hydrogen-bond donors (Lipinski definition) is 2. The lowest BCUT2D eigenvalue weighted by molar-refractivity contribution is 0.0686. The van der Waals surface area contributed by atoms with E-state index in [1.807, 2.05) is 13.0 Å². The van der Waals surface area contributed by atoms with Crippen molar-refractivity contribution in [1.29, 1.82) is 0 Å². The monoisotopic (exact) mass is 218 g/mol. The molecular weight excluding hydrogens is 208 g/mol. The highest BCUT2D eigenvalue weighted by molar-refractivity contribution is 5.86. The standard InChI is InChI=1S/C11H10N2O3/c1-6-2-3-7(4-8(6)12)10-5-9(11(14)15)13-16-10/h2-5H,12H2,1H3,(H,14,15). The third kappa shape index (κ3) is 1.75. The van der Waals surface area contributed by atoms with Crippen LogP contribution in [-0.4, -0.2) is 16.2 Å². The van der Waals surface area contributed by atoms with Crippen LogP contribution in [0, 0.1) is 6.92 Å². The molecule has 3 N–H and O–H groups in total. The maximum Gasteiger partial charge on any atom is 0.358 e. The van der Waals surface area contributed by atoms with Crippen molar-refractivity contribution in [2.45, 2.75) is 6.92 Å². The van der Waals surface area contributed by atoms with E-state index in [4.69, 9.17) is 15.4 Å². The van der Waals surface area contributed by atoms with Crippen molar-refractivity contribution < 1.29 is 14.4 Å². The van der Waals surface area contributed by atoms with E-state index >= 15 is 0 Å². The quantitative estimate of drug-likeness (QED) is 0.751. The van der Waals surface area contributed by atoms with E-state index in [0.717, 1.165) is 5.56 Å². The molecule has 0 radical (unpaired) electrons. The minimum atomic E-state index is -1.12. The number of benzene rings is 1. The number of nitrogens with zero attached hydrogens (tertiary/aromatic N) is 1. The molecule has 0 unspecified atom stereocenters. The Hall–Kier alpha value is -2.30. The van der Waals surface area contributed by atoms with Crippen LogP contribution < -0.4 is 5.73 Å². The summed E-state index contributed by atoms with van der Waals surface area (Å²) in [5, 5.41) is 12.1. The first-order chi connectivity index (χ1) is 7.58. The summed E-state index contributed by atoms with van der Waals surface area (Å²) >= 11 is 0. The number of rotatable bonds is 2. The molecule has 1 aromatic carbocycles. The van der Waals surface area contributed by atoms with E-state index in [-0.39, 0.29) is 5.69 Å². The molecule has 82 valence electrons. The van der Waals surface area contributed by atoms with Crippen LogP contribution in [0.1, 0.15) is 16.1 Å². The minimum absolute atomic E-state index is 0.117. The molecule has 0 saturated heterocycles. The van der Waals surface area contributed by atoms with Crippen LogP contribution in [0.25, 0.3) is 11.3 Å². The number of carbonyl (C=O) groups is 1. The Bertz CT molecular complexity index is 546. The molecule has 1 heterocycles. The van der Waals surface area contributed by atoms with Gasteiger partial charge in [-0.15, -0.1) is 0 Å². The topological polar surface area (TPSA) is 89.3 Å². The molecule has 16 heavy (non-hydrogen) atoms. The molecule has 0 spiro atoms. The van der Waals surface area contributed by atoms with Crippen LogP contribution in [0.4, 0.5) is 5.69 Å². The smallest absolute Gasteiger partial charge is 0.358 e. The summed E-state index contributed by atoms with van der Waals surface area (Å²) in [5.74, 6) is -0.723. The van der Waals surface area contributed by atoms with E-state index < -0.39 is 5.97 Å². The summed E-state index contributed by atoms with van der Waals surface area (Å²) in [7, 11) is 0. The van der Waals surface area contributed by atoms with Gasteiger partial charge < -0.3 is 15.4 Å². The molecule has 5 nitrogen and oxygen atoms in total. The van der Waals surface area contributed by atoms with E-state index in [2.05, 4.69) is 5.16 Å². The van der Waals surface area contributed by atoms with Crippen LogP contribution in [0.5, 0.6) is 0 Å². The Labute approximate surface area is 91.5 Å². The van der Waals surface area contributed by atoms with Gasteiger partial charge in [0.2, 0.25) is 0 Å². The van der Waals surface area contributed by atoms with Gasteiger partial charge in [-0.05, 0) is 18.6 Å². The summed E-state index contributed by atoms with van der Waals surface area (Å²) in [5.41, 5.74) is 7.93. The third-order valence-corrected chi connectivity index (χ3v) is 2.29. The van der Waals surface area contributed by atoms with Crippen LogP contribution >= 0.6 is 0 Å². The van der Waals surface area contributed by atoms with Crippen LogP contribution in [0.2, 0.25) is 0 Å². The highest BCUT2D eigenvalue weighted by atomic mass is 16.5. The Morgan fingerprint density at radius 3 is 2.75 bits per heavy atom. The lowest BCUT2D eigenvalue weighted by Crippen LogP contribution is -1.94. The number of aromatic nitrogens is 1. The van der Waals surface area contributed by atoms with Gasteiger partial charge in [-0.2, -0.15) is 0 Å². The average Bonchev–Trinajstić information content (AvgIpc) is 2.71. The molecule has 0 aliphatic rings. The first-order valence-electron chi connectivity index (χ1n) is 4.64. The van der Waals surface area contributed by atoms with Gasteiger partial charge in [0.05, 0.1) is 0 Å². The van der Waals surface area contributed by atoms with E-state index in [0.29, 0.717) is 17.0 Å². The molecule has 5 heteroatoms. The van der Waals surface area contributed by atoms with Crippen molar-refractivity contribution in [3.63, 3.8) is 0 Å². The fraction of sp³-hybridized carbons (Fsp3) is 0.0909. The molecule has 0 amide bonds. The largest absolute Gasteiger partial charge is 0.476 e. The summed E-state index contributed by atoms with van der Waals surface area (Å²) in [4.78, 5) is 10.6. The van der Waals surface area contributed by atoms with Crippen molar-refractivity contribution in [3.8, 4) is 11.3 Å². The normalized spacial score (nSPS) is 10.3. The van der Waals surface area contributed by atoms with Gasteiger partial charge in [0.1, 0.15) is 0 Å². The van der Waals surface area contributed by atoms with Gasteiger partial charge in [0.15, 0.2) is 11.5 Å². The number of aryl methyl sites for hydroxylation is 1. The Morgan fingerprint density at radius 1 is 1.44 bits per heavy atom. The predicted octanol–water partition coefficient (Wildman–Crippen LogP) is 1.93. The number of carboxylic acids is 1. The number of nitrogens with two attached hydrogens (primary N) is 1. The molecule has 0 bridgehead atoms. The fourth-order valence-corrected chi connectivity index (χ4v) is 1.31. The van der Waals surface area contributed by atoms with Gasteiger partial charge in [-0.25, -0.2) is 4.79 Å². The molecule has 0 atom stereocenters. The van der Waals surface area contributed by atoms with Gasteiger partial charge in [-0.3, -0.25) is 0 Å². The maximum absolute atomic E-state index is 10.6. The first kappa shape index (κ1) is 10.2. The van der Waals surface area contributed by atoms with Gasteiger partial charge in [0, 0.05) is 17.3 Å². The molecule has 2 aromatic rings. The summed E-state index contributed by atoms with van der Waals surface area (Å²) < 4.78 is 4.92. The van der Waals surface area contributed by atoms with Crippen molar-refractivity contribution >= 4 is 11.7 Å². The van der Waals surface area contributed by atoms with Crippen molar-refractivity contribution in [2.75, 3.05) is 5.73 Å². The SMILES string of the molecule is Cc1ccc(-c2cc(C(=O)O)no2)cc1N. The number of carboxylic acid groups (broad SMARTS) is 1. The second-order valence-electron chi connectivity index (χ2n) is 3.45. The van der Waals surface area contributed by atoms with E-state index in [9.17, 15) is 4.79 Å². The minimum Gasteiger partial charge on any atom is -0.476 e. The van der Waals surface area contributed by atoms with Crippen molar-refractivity contribution in [3.05, 3.63) is 35.5 Å². The number of anilines is 1. The van der Waals surface area contributed by atoms with Gasteiger partial charge >= 0.3 is 5.97 Å². The molecule has 0 aliphatic heterocycles. The third-order valence-electron chi connectivity index (χ3n) is 2.29.